The van der Waals surface area contributed by atoms with Crippen LogP contribution in [-0.4, -0.2) is 7.05 Å². The molecule has 100 valence electrons. The fraction of sp³-hybridized carbons (Fsp3) is 0.647. The van der Waals surface area contributed by atoms with Crippen LogP contribution in [0.5, 0.6) is 0 Å². The van der Waals surface area contributed by atoms with Crippen LogP contribution in [-0.2, 0) is 0 Å². The van der Waals surface area contributed by atoms with E-state index in [1.54, 1.807) is 5.56 Å². The third-order valence-electron chi connectivity index (χ3n) is 5.04. The van der Waals surface area contributed by atoms with Crippen LogP contribution in [0.1, 0.15) is 54.1 Å². The Labute approximate surface area is 112 Å². The topological polar surface area (TPSA) is 12.0 Å². The van der Waals surface area contributed by atoms with Crippen LogP contribution < -0.4 is 5.32 Å². The summed E-state index contributed by atoms with van der Waals surface area (Å²) in [7, 11) is 2.11. The summed E-state index contributed by atoms with van der Waals surface area (Å²) in [6.07, 6.45) is 1.34. The zero-order valence-corrected chi connectivity index (χ0v) is 12.9. The van der Waals surface area contributed by atoms with Crippen molar-refractivity contribution < 1.29 is 0 Å². The van der Waals surface area contributed by atoms with Crippen molar-refractivity contribution in [2.45, 2.75) is 54.0 Å². The second-order valence-electron chi connectivity index (χ2n) is 6.74. The van der Waals surface area contributed by atoms with E-state index >= 15 is 0 Å². The van der Waals surface area contributed by atoms with Crippen molar-refractivity contribution in [3.8, 4) is 0 Å². The predicted molar refractivity (Wildman–Crippen MR) is 79.1 cm³/mol. The SMILES string of the molecule is CNC(c1c(C)c(C)cc(C)c1C)C1CC1(C)C. The lowest BCUT2D eigenvalue weighted by atomic mass is 9.86. The zero-order valence-electron chi connectivity index (χ0n) is 12.9. The normalized spacial score (nSPS) is 22.9. The number of hydrogen-bond donors (Lipinski definition) is 1. The molecular formula is C17H27N. The summed E-state index contributed by atoms with van der Waals surface area (Å²) in [6.45, 7) is 13.8. The number of rotatable bonds is 3. The molecule has 1 fully saturated rings. The van der Waals surface area contributed by atoms with Gasteiger partial charge in [0, 0.05) is 6.04 Å². The van der Waals surface area contributed by atoms with Gasteiger partial charge in [-0.15, -0.1) is 0 Å². The molecule has 2 unspecified atom stereocenters. The van der Waals surface area contributed by atoms with Gasteiger partial charge in [0.1, 0.15) is 0 Å². The predicted octanol–water partition coefficient (Wildman–Crippen LogP) is 4.23. The Morgan fingerprint density at radius 1 is 1.11 bits per heavy atom. The first-order valence-corrected chi connectivity index (χ1v) is 7.04. The first kappa shape index (κ1) is 13.6. The van der Waals surface area contributed by atoms with Crippen molar-refractivity contribution in [1.82, 2.24) is 5.32 Å². The van der Waals surface area contributed by atoms with E-state index in [2.05, 4.69) is 60.0 Å². The molecule has 0 aliphatic heterocycles. The Morgan fingerprint density at radius 3 is 1.89 bits per heavy atom. The Bertz CT molecular complexity index is 445. The van der Waals surface area contributed by atoms with Gasteiger partial charge >= 0.3 is 0 Å². The lowest BCUT2D eigenvalue weighted by Crippen LogP contribution is -2.23. The summed E-state index contributed by atoms with van der Waals surface area (Å²) in [5.41, 5.74) is 7.84. The summed E-state index contributed by atoms with van der Waals surface area (Å²) in [4.78, 5) is 0. The standard InChI is InChI=1S/C17H27N/c1-10-8-11(2)13(4)15(12(10)3)16(18-7)14-9-17(14,5)6/h8,14,16,18H,9H2,1-7H3. The Balaban J connectivity index is 2.49. The maximum absolute atomic E-state index is 3.57. The minimum atomic E-state index is 0.504. The number of aryl methyl sites for hydroxylation is 2. The summed E-state index contributed by atoms with van der Waals surface area (Å²) in [6, 6.07) is 2.83. The molecule has 0 saturated heterocycles. The molecule has 0 aromatic heterocycles. The molecule has 1 nitrogen and oxygen atoms in total. The fourth-order valence-corrected chi connectivity index (χ4v) is 3.34. The van der Waals surface area contributed by atoms with Gasteiger partial charge in [0.25, 0.3) is 0 Å². The minimum absolute atomic E-state index is 0.504. The van der Waals surface area contributed by atoms with Crippen molar-refractivity contribution in [3.05, 3.63) is 33.9 Å². The van der Waals surface area contributed by atoms with E-state index in [4.69, 9.17) is 0 Å². The van der Waals surface area contributed by atoms with Crippen LogP contribution in [0.4, 0.5) is 0 Å². The summed E-state index contributed by atoms with van der Waals surface area (Å²) in [5.74, 6) is 0.779. The highest BCUT2D eigenvalue weighted by Gasteiger charge is 2.50. The van der Waals surface area contributed by atoms with E-state index in [0.717, 1.165) is 5.92 Å². The third kappa shape index (κ3) is 2.09. The van der Waals surface area contributed by atoms with Crippen LogP contribution in [0, 0.1) is 39.0 Å². The van der Waals surface area contributed by atoms with Gasteiger partial charge in [-0.05, 0) is 80.3 Å². The van der Waals surface area contributed by atoms with Gasteiger partial charge in [-0.1, -0.05) is 19.9 Å². The molecule has 18 heavy (non-hydrogen) atoms. The fourth-order valence-electron chi connectivity index (χ4n) is 3.34. The molecule has 1 aliphatic rings. The molecular weight excluding hydrogens is 218 g/mol. The minimum Gasteiger partial charge on any atom is -0.313 e. The number of nitrogens with one attached hydrogen (secondary N) is 1. The van der Waals surface area contributed by atoms with E-state index in [9.17, 15) is 0 Å². The van der Waals surface area contributed by atoms with E-state index in [-0.39, 0.29) is 0 Å². The molecule has 0 bridgehead atoms. The average Bonchev–Trinajstić information content (AvgIpc) is 2.91. The van der Waals surface area contributed by atoms with Crippen molar-refractivity contribution in [3.63, 3.8) is 0 Å². The Hall–Kier alpha value is -0.820. The van der Waals surface area contributed by atoms with Crippen LogP contribution in [0.25, 0.3) is 0 Å². The largest absolute Gasteiger partial charge is 0.313 e. The highest BCUT2D eigenvalue weighted by atomic mass is 14.9. The molecule has 0 spiro atoms. The molecule has 1 aromatic rings. The lowest BCUT2D eigenvalue weighted by molar-refractivity contribution is 0.438. The number of hydrogen-bond acceptors (Lipinski definition) is 1. The Kier molecular flexibility index (Phi) is 3.31. The van der Waals surface area contributed by atoms with Gasteiger partial charge in [-0.25, -0.2) is 0 Å². The first-order chi connectivity index (χ1) is 8.29. The van der Waals surface area contributed by atoms with Crippen LogP contribution in [0.15, 0.2) is 6.07 Å². The molecule has 0 amide bonds. The third-order valence-corrected chi connectivity index (χ3v) is 5.04. The average molecular weight is 245 g/mol. The monoisotopic (exact) mass is 245 g/mol. The van der Waals surface area contributed by atoms with Crippen molar-refractivity contribution in [2.75, 3.05) is 7.05 Å². The smallest absolute Gasteiger partial charge is 0.0356 e. The highest BCUT2D eigenvalue weighted by molar-refractivity contribution is 5.46. The molecule has 0 heterocycles. The first-order valence-electron chi connectivity index (χ1n) is 7.04. The van der Waals surface area contributed by atoms with Crippen LogP contribution in [0.2, 0.25) is 0 Å². The second-order valence-corrected chi connectivity index (χ2v) is 6.74. The van der Waals surface area contributed by atoms with Gasteiger partial charge in [0.2, 0.25) is 0 Å². The van der Waals surface area contributed by atoms with Crippen molar-refractivity contribution in [1.29, 1.82) is 0 Å². The lowest BCUT2D eigenvalue weighted by Gasteiger charge is -2.25. The van der Waals surface area contributed by atoms with E-state index in [0.29, 0.717) is 11.5 Å². The quantitative estimate of drug-likeness (QED) is 0.840. The maximum atomic E-state index is 3.57. The van der Waals surface area contributed by atoms with Gasteiger partial charge in [0.05, 0.1) is 0 Å². The Morgan fingerprint density at radius 2 is 1.56 bits per heavy atom. The molecule has 2 atom stereocenters. The summed E-state index contributed by atoms with van der Waals surface area (Å²) in [5, 5.41) is 3.57. The highest BCUT2D eigenvalue weighted by Crippen LogP contribution is 2.58. The van der Waals surface area contributed by atoms with Gasteiger partial charge < -0.3 is 5.32 Å². The molecule has 1 aromatic carbocycles. The molecule has 2 rings (SSSR count). The van der Waals surface area contributed by atoms with Gasteiger partial charge in [-0.2, -0.15) is 0 Å². The molecule has 1 N–H and O–H groups in total. The second kappa shape index (κ2) is 4.38. The zero-order chi connectivity index (χ0) is 13.7. The molecule has 0 radical (unpaired) electrons. The molecule has 1 heteroatoms. The van der Waals surface area contributed by atoms with E-state index < -0.39 is 0 Å². The molecule has 1 saturated carbocycles. The van der Waals surface area contributed by atoms with Crippen LogP contribution >= 0.6 is 0 Å². The molecule has 1 aliphatic carbocycles. The van der Waals surface area contributed by atoms with Gasteiger partial charge in [-0.3, -0.25) is 0 Å². The van der Waals surface area contributed by atoms with Gasteiger partial charge in [0.15, 0.2) is 0 Å². The van der Waals surface area contributed by atoms with E-state index in [1.807, 2.05) is 0 Å². The number of benzene rings is 1. The summed E-state index contributed by atoms with van der Waals surface area (Å²) >= 11 is 0. The maximum Gasteiger partial charge on any atom is 0.0356 e. The van der Waals surface area contributed by atoms with E-state index in [1.165, 1.54) is 28.7 Å². The van der Waals surface area contributed by atoms with Crippen molar-refractivity contribution in [2.24, 2.45) is 11.3 Å². The van der Waals surface area contributed by atoms with Crippen molar-refractivity contribution >= 4 is 0 Å². The van der Waals surface area contributed by atoms with Crippen LogP contribution in [0.3, 0.4) is 0 Å². The summed E-state index contributed by atoms with van der Waals surface area (Å²) < 4.78 is 0.